The van der Waals surface area contributed by atoms with E-state index in [0.29, 0.717) is 0 Å². The number of nitrogens with zero attached hydrogens (tertiary/aromatic N) is 1. The molecule has 1 aliphatic carbocycles. The minimum absolute atomic E-state index is 0.0590. The van der Waals surface area contributed by atoms with Crippen molar-refractivity contribution >= 4 is 75.3 Å². The molecule has 3 atom stereocenters. The molecule has 1 heterocycles. The van der Waals surface area contributed by atoms with Crippen LogP contribution < -0.4 is 10.9 Å². The van der Waals surface area contributed by atoms with E-state index in [1.54, 1.807) is 0 Å². The number of nitrogens with one attached hydrogen (secondary N) is 2. The number of benzene rings is 2. The van der Waals surface area contributed by atoms with Gasteiger partial charge in [-0.2, -0.15) is 13.2 Å². The number of rotatable bonds is 5. The molecule has 4 rings (SSSR count). The van der Waals surface area contributed by atoms with Crippen LogP contribution in [-0.2, 0) is 15.2 Å². The topological polar surface area (TPSA) is 62.7 Å². The predicted molar refractivity (Wildman–Crippen MR) is 122 cm³/mol. The van der Waals surface area contributed by atoms with E-state index in [2.05, 4.69) is 16.0 Å². The summed E-state index contributed by atoms with van der Waals surface area (Å²) in [6.07, 6.45) is -5.75. The molecule has 182 valence electrons. The second-order valence-electron chi connectivity index (χ2n) is 7.71. The highest BCUT2D eigenvalue weighted by atomic mass is 35.5. The van der Waals surface area contributed by atoms with Crippen molar-refractivity contribution in [2.45, 2.75) is 29.7 Å². The van der Waals surface area contributed by atoms with Gasteiger partial charge in [-0.25, -0.2) is 4.39 Å². The van der Waals surface area contributed by atoms with E-state index in [0.717, 1.165) is 12.1 Å². The summed E-state index contributed by atoms with van der Waals surface area (Å²) in [7, 11) is 0. The van der Waals surface area contributed by atoms with Crippen molar-refractivity contribution in [1.29, 1.82) is 0 Å². The number of anilines is 1. The molecule has 2 N–H and O–H groups in total. The highest BCUT2D eigenvalue weighted by molar-refractivity contribution is 6.48. The monoisotopic (exact) mass is 577 g/mol. The summed E-state index contributed by atoms with van der Waals surface area (Å²) in [4.78, 5) is 16.9. The van der Waals surface area contributed by atoms with Gasteiger partial charge in [0.1, 0.15) is 0 Å². The second kappa shape index (κ2) is 8.78. The Bertz CT molecular complexity index is 1180. The van der Waals surface area contributed by atoms with Crippen molar-refractivity contribution in [2.24, 2.45) is 11.1 Å². The van der Waals surface area contributed by atoms with Crippen molar-refractivity contribution in [3.8, 4) is 0 Å². The Morgan fingerprint density at radius 3 is 2.26 bits per heavy atom. The molecule has 0 spiro atoms. The Hall–Kier alpha value is -1.65. The molecule has 34 heavy (non-hydrogen) atoms. The van der Waals surface area contributed by atoms with Gasteiger partial charge in [-0.1, -0.05) is 69.2 Å². The molecule has 0 aromatic heterocycles. The fourth-order valence-electron chi connectivity index (χ4n) is 3.36. The Labute approximate surface area is 215 Å². The van der Waals surface area contributed by atoms with Crippen molar-refractivity contribution in [2.75, 3.05) is 5.43 Å². The average Bonchev–Trinajstić information content (AvgIpc) is 3.17. The first-order chi connectivity index (χ1) is 15.7. The third-order valence-electron chi connectivity index (χ3n) is 5.40. The molecule has 2 aliphatic rings. The average molecular weight is 580 g/mol. The molecule has 0 bridgehead atoms. The SMILES string of the molecule is O=C(NNc1cc(C2=NO[C@@](c3cc(Cl)c(Cl)c(Cl)c3)(C(F)(F)F)C2)ccc1Cl)[C@@H]1C[C@]1(F)Cl. The molecule has 5 nitrogen and oxygen atoms in total. The van der Waals surface area contributed by atoms with Gasteiger partial charge in [0.2, 0.25) is 5.91 Å². The van der Waals surface area contributed by atoms with Gasteiger partial charge in [-0.05, 0) is 24.3 Å². The molecule has 14 heteroatoms. The van der Waals surface area contributed by atoms with E-state index in [9.17, 15) is 22.4 Å². The second-order valence-corrected chi connectivity index (χ2v) is 9.94. The van der Waals surface area contributed by atoms with Crippen LogP contribution in [-0.4, -0.2) is 22.9 Å². The van der Waals surface area contributed by atoms with Gasteiger partial charge in [-0.3, -0.25) is 15.6 Å². The van der Waals surface area contributed by atoms with Crippen LogP contribution in [0.2, 0.25) is 20.1 Å². The van der Waals surface area contributed by atoms with E-state index in [1.807, 2.05) is 0 Å². The highest BCUT2D eigenvalue weighted by Gasteiger charge is 2.62. The Morgan fingerprint density at radius 2 is 1.71 bits per heavy atom. The summed E-state index contributed by atoms with van der Waals surface area (Å²) < 4.78 is 56.1. The predicted octanol–water partition coefficient (Wildman–Crippen LogP) is 7.25. The van der Waals surface area contributed by atoms with Gasteiger partial charge in [0.25, 0.3) is 5.60 Å². The summed E-state index contributed by atoms with van der Waals surface area (Å²) in [5.41, 5.74) is 1.85. The third-order valence-corrected chi connectivity index (χ3v) is 7.34. The number of halogens is 9. The quantitative estimate of drug-likeness (QED) is 0.170. The lowest BCUT2D eigenvalue weighted by Gasteiger charge is -2.30. The fourth-order valence-corrected chi connectivity index (χ4v) is 4.38. The zero-order chi connectivity index (χ0) is 25.1. The van der Waals surface area contributed by atoms with Crippen molar-refractivity contribution in [3.63, 3.8) is 0 Å². The number of oxime groups is 1. The lowest BCUT2D eigenvalue weighted by atomic mass is 9.86. The summed E-state index contributed by atoms with van der Waals surface area (Å²) in [5.74, 6) is -1.73. The standard InChI is InChI=1S/C20H12Cl5F4N3O2/c21-11-2-1-8(3-14(11)30-31-17(33)10-6-19(10,25)26)15-7-18(34-32-15,20(27,28)29)9-4-12(22)16(24)13(23)5-9/h1-5,10,30H,6-7H2,(H,31,33)/t10-,18-,19+/m0/s1. The zero-order valence-electron chi connectivity index (χ0n) is 16.5. The number of amides is 1. The number of hydrogen-bond acceptors (Lipinski definition) is 4. The summed E-state index contributed by atoms with van der Waals surface area (Å²) in [6, 6.07) is 6.21. The van der Waals surface area contributed by atoms with E-state index < -0.39 is 35.2 Å². The maximum Gasteiger partial charge on any atom is 0.435 e. The molecule has 1 fully saturated rings. The molecule has 0 unspecified atom stereocenters. The minimum atomic E-state index is -4.90. The van der Waals surface area contributed by atoms with Crippen LogP contribution in [0, 0.1) is 5.92 Å². The summed E-state index contributed by atoms with van der Waals surface area (Å²) in [6.45, 7) is 0. The fraction of sp³-hybridized carbons (Fsp3) is 0.300. The molecule has 0 saturated heterocycles. The van der Waals surface area contributed by atoms with Crippen LogP contribution in [0.25, 0.3) is 0 Å². The largest absolute Gasteiger partial charge is 0.435 e. The molecule has 0 radical (unpaired) electrons. The van der Waals surface area contributed by atoms with Crippen LogP contribution in [0.3, 0.4) is 0 Å². The van der Waals surface area contributed by atoms with E-state index in [1.165, 1.54) is 18.2 Å². The highest BCUT2D eigenvalue weighted by Crippen LogP contribution is 2.52. The van der Waals surface area contributed by atoms with Crippen LogP contribution in [0.5, 0.6) is 0 Å². The van der Waals surface area contributed by atoms with Crippen molar-refractivity contribution < 1.29 is 27.2 Å². The van der Waals surface area contributed by atoms with E-state index in [4.69, 9.17) is 62.8 Å². The smallest absolute Gasteiger partial charge is 0.374 e. The molecule has 2 aromatic carbocycles. The Balaban J connectivity index is 1.59. The van der Waals surface area contributed by atoms with Crippen LogP contribution in [0.1, 0.15) is 24.0 Å². The van der Waals surface area contributed by atoms with Gasteiger partial charge >= 0.3 is 6.18 Å². The molecule has 1 aliphatic heterocycles. The maximum absolute atomic E-state index is 14.2. The molecular formula is C20H12Cl5F4N3O2. The summed E-state index contributed by atoms with van der Waals surface area (Å²) in [5, 5.41) is 1.25. The lowest BCUT2D eigenvalue weighted by Crippen LogP contribution is -2.42. The van der Waals surface area contributed by atoms with Gasteiger partial charge in [0, 0.05) is 24.0 Å². The van der Waals surface area contributed by atoms with Gasteiger partial charge < -0.3 is 4.84 Å². The van der Waals surface area contributed by atoms with Gasteiger partial charge in [0.05, 0.1) is 37.4 Å². The maximum atomic E-state index is 14.2. The van der Waals surface area contributed by atoms with E-state index >= 15 is 0 Å². The first kappa shape index (κ1) is 25.4. The first-order valence-electron chi connectivity index (χ1n) is 9.45. The number of alkyl halides is 5. The number of carbonyl (C=O) groups is 1. The van der Waals surface area contributed by atoms with Crippen molar-refractivity contribution in [3.05, 3.63) is 61.5 Å². The van der Waals surface area contributed by atoms with Crippen LogP contribution in [0.4, 0.5) is 23.2 Å². The van der Waals surface area contributed by atoms with Gasteiger partial charge in [0.15, 0.2) is 5.13 Å². The number of carbonyl (C=O) groups excluding carboxylic acids is 1. The number of hydrazine groups is 1. The van der Waals surface area contributed by atoms with Gasteiger partial charge in [-0.15, -0.1) is 0 Å². The minimum Gasteiger partial charge on any atom is -0.374 e. The van der Waals surface area contributed by atoms with E-state index in [-0.39, 0.29) is 49.0 Å². The molecular weight excluding hydrogens is 567 g/mol. The lowest BCUT2D eigenvalue weighted by molar-refractivity contribution is -0.275. The first-order valence-corrected chi connectivity index (χ1v) is 11.3. The number of hydrogen-bond donors (Lipinski definition) is 2. The molecule has 1 saturated carbocycles. The molecule has 2 aromatic rings. The van der Waals surface area contributed by atoms with Crippen molar-refractivity contribution in [1.82, 2.24) is 5.43 Å². The van der Waals surface area contributed by atoms with Crippen LogP contribution >= 0.6 is 58.0 Å². The normalized spacial score (nSPS) is 26.0. The Morgan fingerprint density at radius 1 is 1.09 bits per heavy atom. The Kier molecular flexibility index (Phi) is 6.57. The summed E-state index contributed by atoms with van der Waals surface area (Å²) >= 11 is 29.3. The third kappa shape index (κ3) is 4.60. The molecule has 1 amide bonds. The van der Waals surface area contributed by atoms with Crippen LogP contribution in [0.15, 0.2) is 35.5 Å². The zero-order valence-corrected chi connectivity index (χ0v) is 20.3.